The molecule has 0 aliphatic carbocycles. The van der Waals surface area contributed by atoms with Crippen LogP contribution in [-0.2, 0) is 48.3 Å². The van der Waals surface area contributed by atoms with E-state index in [4.69, 9.17) is 46.4 Å². The van der Waals surface area contributed by atoms with Crippen LogP contribution in [-0.4, -0.2) is 10.7 Å². The standard InChI is InChI=1S/2C33H31P2.2CH2Cl2.CH2Cl.ClH.Fe.Pd/c2*1-33(2,3)26-24-31(34(27-16-8-4-9-17-27)28-18-10-5-11-19-28)32(25-26)35(29-20-12-6-13-21-29)30-22-14-7-15-23-30;2*2-1-3;1-2;;;/h2*4-25H,1-3H3;2*1H2;1H2;1H;;/q2*-1;;;-1;;2*+2/p-1. The third-order valence-corrected chi connectivity index (χ3v) is 22.8. The number of benzene rings is 8. The van der Waals surface area contributed by atoms with E-state index in [0.29, 0.717) is 0 Å². The van der Waals surface area contributed by atoms with Gasteiger partial charge in [-0.3, -0.25) is 6.38 Å². The van der Waals surface area contributed by atoms with Gasteiger partial charge in [0.25, 0.3) is 0 Å². The van der Waals surface area contributed by atoms with Crippen LogP contribution in [0.5, 0.6) is 0 Å². The fourth-order valence-electron chi connectivity index (χ4n) is 8.88. The molecule has 10 rings (SSSR count). The largest absolute Gasteiger partial charge is 2.00 e. The van der Waals surface area contributed by atoms with Gasteiger partial charge in [-0.25, -0.2) is 12.1 Å². The van der Waals surface area contributed by atoms with Crippen LogP contribution in [0, 0.1) is 6.38 Å². The molecule has 0 radical (unpaired) electrons. The van der Waals surface area contributed by atoms with Gasteiger partial charge in [-0.15, -0.1) is 67.6 Å². The Bertz CT molecular complexity index is 2640. The van der Waals surface area contributed by atoms with Gasteiger partial charge in [-0.05, 0) is 58.3 Å². The van der Waals surface area contributed by atoms with Gasteiger partial charge in [0, 0.05) is 0 Å². The van der Waals surface area contributed by atoms with E-state index in [-0.39, 0.29) is 71.4 Å². The predicted molar refractivity (Wildman–Crippen MR) is 361 cm³/mol. The minimum Gasteiger partial charge on any atom is -1.00 e. The number of alkyl halides is 4. The zero-order valence-corrected chi connectivity index (χ0v) is 57.0. The molecular formula is C69H68Cl6FeP4Pd. The smallest absolute Gasteiger partial charge is 1.00 e. The van der Waals surface area contributed by atoms with Crippen molar-refractivity contribution in [3.63, 3.8) is 0 Å². The van der Waals surface area contributed by atoms with Crippen LogP contribution in [0.4, 0.5) is 0 Å². The summed E-state index contributed by atoms with van der Waals surface area (Å²) in [6.07, 6.45) is 2.72. The van der Waals surface area contributed by atoms with E-state index in [1.54, 1.807) is 0 Å². The summed E-state index contributed by atoms with van der Waals surface area (Å²) in [6, 6.07) is 98.8. The molecule has 0 nitrogen and oxygen atoms in total. The molecule has 0 saturated carbocycles. The quantitative estimate of drug-likeness (QED) is 0.0495. The zero-order chi connectivity index (χ0) is 55.9. The SMILES string of the molecule is CC(C)(C)c1cc(P(c2ccccc2)c2ccccc2)[c-](P(c2ccccc2)c2ccccc2)c1.CC(C)(C)c1cc(P(c2ccccc2)c2ccccc2)[c-](P(c2ccccc2)c2ccccc2)c1.ClCCl.ClCCl.[CH2-]Cl.[Cl-].[Fe+2].[Pd+2]. The fraction of sp³-hybridized carbons (Fsp3) is 0.145. The number of rotatable bonds is 12. The van der Waals surface area contributed by atoms with E-state index in [1.165, 1.54) is 74.8 Å². The molecule has 0 N–H and O–H groups in total. The van der Waals surface area contributed by atoms with E-state index in [1.807, 2.05) is 0 Å². The van der Waals surface area contributed by atoms with Crippen molar-refractivity contribution in [2.75, 3.05) is 10.7 Å². The first kappa shape index (κ1) is 72.4. The number of halogens is 6. The molecule has 0 bridgehead atoms. The summed E-state index contributed by atoms with van der Waals surface area (Å²) in [4.78, 5) is 0. The van der Waals surface area contributed by atoms with Gasteiger partial charge in [0.2, 0.25) is 0 Å². The summed E-state index contributed by atoms with van der Waals surface area (Å²) in [6.45, 7) is 14.0. The molecular weight excluding hydrogens is 1330 g/mol. The Hall–Kier alpha value is -2.90. The van der Waals surface area contributed by atoms with E-state index in [0.717, 1.165) is 0 Å². The molecule has 0 atom stereocenters. The summed E-state index contributed by atoms with van der Waals surface area (Å²) in [5, 5.41) is 17.5. The third kappa shape index (κ3) is 20.7. The monoisotopic (exact) mass is 1390 g/mol. The summed E-state index contributed by atoms with van der Waals surface area (Å²) in [5.74, 6) is 0. The Morgan fingerprint density at radius 3 is 0.654 bits per heavy atom. The molecule has 0 spiro atoms. The maximum absolute atomic E-state index is 4.76. The zero-order valence-electron chi connectivity index (χ0n) is 46.3. The maximum Gasteiger partial charge on any atom is 2.00 e. The van der Waals surface area contributed by atoms with Crippen LogP contribution in [0.15, 0.2) is 267 Å². The molecule has 10 aromatic rings. The van der Waals surface area contributed by atoms with Crippen LogP contribution >= 0.6 is 89.7 Å². The van der Waals surface area contributed by atoms with Crippen LogP contribution in [0.3, 0.4) is 0 Å². The van der Waals surface area contributed by atoms with Gasteiger partial charge in [0.1, 0.15) is 0 Å². The summed E-state index contributed by atoms with van der Waals surface area (Å²) in [5.41, 5.74) is 2.99. The summed E-state index contributed by atoms with van der Waals surface area (Å²) < 4.78 is 0. The average molecular weight is 1400 g/mol. The van der Waals surface area contributed by atoms with Crippen LogP contribution in [0.25, 0.3) is 0 Å². The first-order valence-electron chi connectivity index (χ1n) is 25.6. The number of hydrogen-bond donors (Lipinski definition) is 0. The van der Waals surface area contributed by atoms with Crippen LogP contribution in [0.2, 0.25) is 0 Å². The Balaban J connectivity index is 0.000000365. The summed E-state index contributed by atoms with van der Waals surface area (Å²) in [7, 11) is -2.76. The molecule has 0 aromatic heterocycles. The van der Waals surface area contributed by atoms with Gasteiger partial charge >= 0.3 is 37.5 Å². The second-order valence-corrected chi connectivity index (χ2v) is 30.1. The van der Waals surface area contributed by atoms with Crippen molar-refractivity contribution < 1.29 is 49.9 Å². The molecule has 0 aliphatic rings. The Morgan fingerprint density at radius 1 is 0.333 bits per heavy atom. The minimum absolute atomic E-state index is 0. The summed E-state index contributed by atoms with van der Waals surface area (Å²) >= 11 is 23.4. The molecule has 0 fully saturated rings. The molecule has 0 aliphatic heterocycles. The Kier molecular flexibility index (Phi) is 33.5. The molecule has 0 unspecified atom stereocenters. The first-order valence-corrected chi connectivity index (χ1v) is 33.7. The van der Waals surface area contributed by atoms with Crippen molar-refractivity contribution in [2.45, 2.75) is 52.4 Å². The van der Waals surface area contributed by atoms with Crippen molar-refractivity contribution in [1.82, 2.24) is 0 Å². The van der Waals surface area contributed by atoms with Crippen molar-refractivity contribution >= 4 is 153 Å². The van der Waals surface area contributed by atoms with E-state index < -0.39 is 31.7 Å². The molecule has 10 aromatic carbocycles. The molecule has 12 heteroatoms. The van der Waals surface area contributed by atoms with Gasteiger partial charge < -0.3 is 24.0 Å². The van der Waals surface area contributed by atoms with Crippen LogP contribution < -0.4 is 76.1 Å². The molecule has 424 valence electrons. The van der Waals surface area contributed by atoms with Crippen molar-refractivity contribution in [3.8, 4) is 0 Å². The van der Waals surface area contributed by atoms with Gasteiger partial charge in [-0.2, -0.15) is 23.3 Å². The maximum atomic E-state index is 4.76. The van der Waals surface area contributed by atoms with Crippen LogP contribution in [0.1, 0.15) is 52.7 Å². The minimum atomic E-state index is -0.690. The van der Waals surface area contributed by atoms with Crippen molar-refractivity contribution in [3.05, 3.63) is 284 Å². The molecule has 81 heavy (non-hydrogen) atoms. The topological polar surface area (TPSA) is 0 Å². The molecule has 0 amide bonds. The number of hydrogen-bond acceptors (Lipinski definition) is 0. The van der Waals surface area contributed by atoms with Crippen molar-refractivity contribution in [1.29, 1.82) is 0 Å². The second-order valence-electron chi connectivity index (χ2n) is 19.8. The van der Waals surface area contributed by atoms with Crippen molar-refractivity contribution in [2.24, 2.45) is 0 Å². The van der Waals surface area contributed by atoms with Gasteiger partial charge in [0.05, 0.1) is 10.7 Å². The average Bonchev–Trinajstić information content (AvgIpc) is 4.12. The van der Waals surface area contributed by atoms with E-state index in [9.17, 15) is 0 Å². The Morgan fingerprint density at radius 2 is 0.494 bits per heavy atom. The normalized spacial score (nSPS) is 10.7. The first-order chi connectivity index (χ1) is 37.9. The van der Waals surface area contributed by atoms with Gasteiger partial charge in [-0.1, -0.05) is 311 Å². The fourth-order valence-corrected chi connectivity index (χ4v) is 19.5. The second kappa shape index (κ2) is 37.5. The van der Waals surface area contributed by atoms with E-state index >= 15 is 0 Å². The Labute approximate surface area is 545 Å². The predicted octanol–water partition coefficient (Wildman–Crippen LogP) is 13.3. The molecule has 0 saturated heterocycles. The third-order valence-electron chi connectivity index (χ3n) is 12.5. The van der Waals surface area contributed by atoms with Gasteiger partial charge in [0.15, 0.2) is 0 Å². The van der Waals surface area contributed by atoms with E-state index in [2.05, 4.69) is 326 Å². The molecule has 0 heterocycles.